The average Bonchev–Trinajstić information content (AvgIpc) is 3.12. The van der Waals surface area contributed by atoms with Crippen molar-refractivity contribution in [3.63, 3.8) is 0 Å². The summed E-state index contributed by atoms with van der Waals surface area (Å²) >= 11 is 5.88. The Balaban J connectivity index is 1.57. The van der Waals surface area contributed by atoms with Gasteiger partial charge < -0.3 is 13.9 Å². The maximum atomic E-state index is 13.0. The van der Waals surface area contributed by atoms with Crippen molar-refractivity contribution in [2.75, 3.05) is 6.61 Å². The van der Waals surface area contributed by atoms with Gasteiger partial charge in [0.25, 0.3) is 5.89 Å². The van der Waals surface area contributed by atoms with Crippen LogP contribution in [0.15, 0.2) is 46.9 Å². The molecule has 27 heavy (non-hydrogen) atoms. The van der Waals surface area contributed by atoms with E-state index in [-0.39, 0.29) is 24.2 Å². The van der Waals surface area contributed by atoms with Gasteiger partial charge in [-0.15, -0.1) is 10.2 Å². The predicted octanol–water partition coefficient (Wildman–Crippen LogP) is 4.52. The molecule has 3 aromatic rings. The van der Waals surface area contributed by atoms with Gasteiger partial charge in [0.05, 0.1) is 0 Å². The van der Waals surface area contributed by atoms with Gasteiger partial charge in [0.15, 0.2) is 12.7 Å². The summed E-state index contributed by atoms with van der Waals surface area (Å²) in [7, 11) is 0. The van der Waals surface area contributed by atoms with E-state index in [1.54, 1.807) is 25.1 Å². The van der Waals surface area contributed by atoms with E-state index in [0.717, 1.165) is 5.56 Å². The Morgan fingerprint density at radius 2 is 1.96 bits per heavy atom. The molecule has 0 fully saturated rings. The van der Waals surface area contributed by atoms with E-state index in [0.29, 0.717) is 16.3 Å². The van der Waals surface area contributed by atoms with Crippen LogP contribution in [0.25, 0.3) is 11.5 Å². The Labute approximate surface area is 159 Å². The summed E-state index contributed by atoms with van der Waals surface area (Å²) in [6.07, 6.45) is -0.755. The number of hydrogen-bond donors (Lipinski definition) is 0. The fourth-order valence-corrected chi connectivity index (χ4v) is 2.53. The van der Waals surface area contributed by atoms with Crippen molar-refractivity contribution >= 4 is 17.6 Å². The number of rotatable bonds is 6. The van der Waals surface area contributed by atoms with Crippen LogP contribution in [0.2, 0.25) is 5.02 Å². The summed E-state index contributed by atoms with van der Waals surface area (Å²) < 4.78 is 29.2. The van der Waals surface area contributed by atoms with Crippen molar-refractivity contribution in [3.8, 4) is 17.2 Å². The van der Waals surface area contributed by atoms with Gasteiger partial charge in [-0.05, 0) is 61.9 Å². The molecule has 0 aliphatic carbocycles. The number of hydrogen-bond acceptors (Lipinski definition) is 6. The number of aromatic nitrogens is 2. The quantitative estimate of drug-likeness (QED) is 0.576. The number of aryl methyl sites for hydroxylation is 1. The predicted molar refractivity (Wildman–Crippen MR) is 95.9 cm³/mol. The highest BCUT2D eigenvalue weighted by molar-refractivity contribution is 6.30. The molecule has 2 aromatic carbocycles. The molecule has 0 aliphatic heterocycles. The highest BCUT2D eigenvalue weighted by atomic mass is 35.5. The lowest BCUT2D eigenvalue weighted by molar-refractivity contribution is -0.152. The third kappa shape index (κ3) is 4.83. The van der Waals surface area contributed by atoms with Gasteiger partial charge in [-0.2, -0.15) is 0 Å². The molecule has 0 aliphatic rings. The lowest BCUT2D eigenvalue weighted by Gasteiger charge is -2.11. The van der Waals surface area contributed by atoms with Crippen molar-refractivity contribution < 1.29 is 23.1 Å². The molecule has 1 atom stereocenters. The number of halogens is 2. The maximum absolute atomic E-state index is 13.0. The summed E-state index contributed by atoms with van der Waals surface area (Å²) in [6.45, 7) is 3.16. The van der Waals surface area contributed by atoms with Crippen molar-refractivity contribution in [1.29, 1.82) is 0 Å². The van der Waals surface area contributed by atoms with Gasteiger partial charge in [-0.25, -0.2) is 9.18 Å². The topological polar surface area (TPSA) is 74.5 Å². The number of esters is 1. The molecule has 0 radical (unpaired) electrons. The summed E-state index contributed by atoms with van der Waals surface area (Å²) in [5.41, 5.74) is 1.37. The highest BCUT2D eigenvalue weighted by Crippen LogP contribution is 2.24. The zero-order valence-corrected chi connectivity index (χ0v) is 15.4. The number of carbonyl (C=O) groups is 1. The van der Waals surface area contributed by atoms with Gasteiger partial charge in [0, 0.05) is 10.6 Å². The molecule has 6 nitrogen and oxygen atoms in total. The Hall–Kier alpha value is -2.93. The summed E-state index contributed by atoms with van der Waals surface area (Å²) in [5.74, 6) is -0.0678. The first-order valence-corrected chi connectivity index (χ1v) is 8.48. The third-order valence-corrected chi connectivity index (χ3v) is 3.91. The molecule has 0 saturated carbocycles. The number of carbonyl (C=O) groups excluding carboxylic acids is 1. The minimum Gasteiger partial charge on any atom is -0.482 e. The molecule has 0 N–H and O–H groups in total. The smallest absolute Gasteiger partial charge is 0.344 e. The van der Waals surface area contributed by atoms with Crippen LogP contribution in [0.5, 0.6) is 5.75 Å². The Morgan fingerprint density at radius 3 is 2.67 bits per heavy atom. The first-order chi connectivity index (χ1) is 12.9. The van der Waals surface area contributed by atoms with Crippen LogP contribution in [0.1, 0.15) is 24.5 Å². The molecule has 1 aromatic heterocycles. The molecule has 0 amide bonds. The fourth-order valence-electron chi connectivity index (χ4n) is 2.30. The van der Waals surface area contributed by atoms with E-state index >= 15 is 0 Å². The second-order valence-corrected chi connectivity index (χ2v) is 6.22. The Kier molecular flexibility index (Phi) is 5.71. The van der Waals surface area contributed by atoms with Crippen molar-refractivity contribution in [2.45, 2.75) is 20.0 Å². The van der Waals surface area contributed by atoms with Crippen LogP contribution in [0.3, 0.4) is 0 Å². The standard InChI is InChI=1S/C19H16ClFN2O4/c1-11-9-14(20)5-8-16(11)25-10-17(24)26-12(2)18-22-23-19(27-18)13-3-6-15(21)7-4-13/h3-9,12H,10H2,1-2H3/t12-/m1/s1. The van der Waals surface area contributed by atoms with E-state index in [4.69, 9.17) is 25.5 Å². The van der Waals surface area contributed by atoms with Crippen LogP contribution in [-0.2, 0) is 9.53 Å². The van der Waals surface area contributed by atoms with Gasteiger partial charge >= 0.3 is 5.97 Å². The van der Waals surface area contributed by atoms with Crippen LogP contribution in [0, 0.1) is 12.7 Å². The highest BCUT2D eigenvalue weighted by Gasteiger charge is 2.19. The maximum Gasteiger partial charge on any atom is 0.344 e. The summed E-state index contributed by atoms with van der Waals surface area (Å²) in [6, 6.07) is 10.7. The molecule has 3 rings (SSSR count). The normalized spacial score (nSPS) is 11.9. The zero-order valence-electron chi connectivity index (χ0n) is 14.6. The molecule has 0 unspecified atom stereocenters. The summed E-state index contributed by atoms with van der Waals surface area (Å²) in [5, 5.41) is 8.34. The van der Waals surface area contributed by atoms with Gasteiger partial charge in [0.1, 0.15) is 11.6 Å². The molecule has 0 spiro atoms. The lowest BCUT2D eigenvalue weighted by atomic mass is 10.2. The van der Waals surface area contributed by atoms with Crippen LogP contribution < -0.4 is 4.74 Å². The second-order valence-electron chi connectivity index (χ2n) is 5.78. The van der Waals surface area contributed by atoms with E-state index < -0.39 is 12.1 Å². The van der Waals surface area contributed by atoms with Crippen molar-refractivity contribution in [2.24, 2.45) is 0 Å². The van der Waals surface area contributed by atoms with E-state index in [1.807, 2.05) is 6.92 Å². The fraction of sp³-hybridized carbons (Fsp3) is 0.211. The van der Waals surface area contributed by atoms with Crippen molar-refractivity contribution in [3.05, 3.63) is 64.8 Å². The molecule has 140 valence electrons. The second kappa shape index (κ2) is 8.18. The van der Waals surface area contributed by atoms with Crippen LogP contribution in [-0.4, -0.2) is 22.8 Å². The Morgan fingerprint density at radius 1 is 1.22 bits per heavy atom. The number of ether oxygens (including phenoxy) is 2. The minimum absolute atomic E-state index is 0.130. The SMILES string of the molecule is Cc1cc(Cl)ccc1OCC(=O)O[C@H](C)c1nnc(-c2ccc(F)cc2)o1. The van der Waals surface area contributed by atoms with Crippen LogP contribution in [0.4, 0.5) is 4.39 Å². The monoisotopic (exact) mass is 390 g/mol. The van der Waals surface area contributed by atoms with Gasteiger partial charge in [-0.1, -0.05) is 11.6 Å². The molecule has 0 saturated heterocycles. The zero-order chi connectivity index (χ0) is 19.4. The Bertz CT molecular complexity index is 943. The largest absolute Gasteiger partial charge is 0.482 e. The minimum atomic E-state index is -0.755. The molecule has 1 heterocycles. The van der Waals surface area contributed by atoms with Gasteiger partial charge in [0.2, 0.25) is 5.89 Å². The first kappa shape index (κ1) is 18.8. The summed E-state index contributed by atoms with van der Waals surface area (Å²) in [4.78, 5) is 12.0. The van der Waals surface area contributed by atoms with E-state index in [1.165, 1.54) is 24.3 Å². The third-order valence-electron chi connectivity index (χ3n) is 3.67. The van der Waals surface area contributed by atoms with E-state index in [9.17, 15) is 9.18 Å². The average molecular weight is 391 g/mol. The molecular formula is C19H16ClFN2O4. The van der Waals surface area contributed by atoms with E-state index in [2.05, 4.69) is 10.2 Å². The van der Waals surface area contributed by atoms with Crippen LogP contribution >= 0.6 is 11.6 Å². The number of benzene rings is 2. The first-order valence-electron chi connectivity index (χ1n) is 8.10. The molecule has 8 heteroatoms. The lowest BCUT2D eigenvalue weighted by Crippen LogP contribution is -2.17. The van der Waals surface area contributed by atoms with Gasteiger partial charge in [-0.3, -0.25) is 0 Å². The molecule has 0 bridgehead atoms. The molecular weight excluding hydrogens is 375 g/mol. The number of nitrogens with zero attached hydrogens (tertiary/aromatic N) is 2. The van der Waals surface area contributed by atoms with Crippen molar-refractivity contribution in [1.82, 2.24) is 10.2 Å².